The van der Waals surface area contributed by atoms with Crippen molar-refractivity contribution >= 4 is 12.2 Å². The summed E-state index contributed by atoms with van der Waals surface area (Å²) in [7, 11) is 0. The van der Waals surface area contributed by atoms with Crippen molar-refractivity contribution in [2.45, 2.75) is 44.9 Å². The molecule has 1 rings (SSSR count). The Bertz CT molecular complexity index is 186. The fourth-order valence-corrected chi connectivity index (χ4v) is 1.81. The molecule has 3 nitrogen and oxygen atoms in total. The van der Waals surface area contributed by atoms with Crippen LogP contribution in [0.25, 0.3) is 0 Å². The Morgan fingerprint density at radius 1 is 1.14 bits per heavy atom. The van der Waals surface area contributed by atoms with E-state index in [0.29, 0.717) is 12.8 Å². The highest BCUT2D eigenvalue weighted by molar-refractivity contribution is 5.76. The lowest BCUT2D eigenvalue weighted by Crippen LogP contribution is -2.35. The molecule has 1 saturated heterocycles. The molecular formula is C11H19NO2. The van der Waals surface area contributed by atoms with E-state index in [1.165, 1.54) is 6.42 Å². The van der Waals surface area contributed by atoms with E-state index in [4.69, 9.17) is 0 Å². The van der Waals surface area contributed by atoms with Crippen LogP contribution in [-0.2, 0) is 9.59 Å². The maximum Gasteiger partial charge on any atom is 0.222 e. The van der Waals surface area contributed by atoms with Gasteiger partial charge >= 0.3 is 0 Å². The maximum absolute atomic E-state index is 11.6. The molecule has 14 heavy (non-hydrogen) atoms. The van der Waals surface area contributed by atoms with Crippen molar-refractivity contribution in [3.05, 3.63) is 0 Å². The van der Waals surface area contributed by atoms with Crippen LogP contribution in [0.2, 0.25) is 0 Å². The number of hydrogen-bond acceptors (Lipinski definition) is 2. The number of unbranched alkanes of at least 4 members (excludes halogenated alkanes) is 2. The highest BCUT2D eigenvalue weighted by atomic mass is 16.2. The van der Waals surface area contributed by atoms with Crippen LogP contribution in [0.15, 0.2) is 0 Å². The molecule has 1 aliphatic rings. The second-order valence-electron chi connectivity index (χ2n) is 3.85. The number of carbonyl (C=O) groups excluding carboxylic acids is 2. The normalized spacial score (nSPS) is 16.7. The van der Waals surface area contributed by atoms with Crippen molar-refractivity contribution in [1.82, 2.24) is 4.90 Å². The molecule has 0 atom stereocenters. The molecule has 0 bridgehead atoms. The first-order valence-electron chi connectivity index (χ1n) is 5.56. The summed E-state index contributed by atoms with van der Waals surface area (Å²) < 4.78 is 0. The van der Waals surface area contributed by atoms with Gasteiger partial charge in [-0.1, -0.05) is 0 Å². The first kappa shape index (κ1) is 11.2. The van der Waals surface area contributed by atoms with E-state index in [9.17, 15) is 9.59 Å². The average Bonchev–Trinajstić information content (AvgIpc) is 2.25. The van der Waals surface area contributed by atoms with Gasteiger partial charge in [-0.3, -0.25) is 4.79 Å². The van der Waals surface area contributed by atoms with Crippen LogP contribution in [0, 0.1) is 0 Å². The predicted octanol–water partition coefficient (Wildman–Crippen LogP) is 1.76. The van der Waals surface area contributed by atoms with Crippen molar-refractivity contribution in [3.8, 4) is 0 Å². The van der Waals surface area contributed by atoms with Gasteiger partial charge in [-0.2, -0.15) is 0 Å². The smallest absolute Gasteiger partial charge is 0.222 e. The SMILES string of the molecule is O=CCCCCC(=O)N1CCCCC1. The lowest BCUT2D eigenvalue weighted by Gasteiger charge is -2.26. The molecule has 1 aliphatic heterocycles. The molecule has 0 aromatic carbocycles. The Morgan fingerprint density at radius 3 is 2.50 bits per heavy atom. The van der Waals surface area contributed by atoms with Crippen LogP contribution >= 0.6 is 0 Å². The molecule has 0 radical (unpaired) electrons. The highest BCUT2D eigenvalue weighted by Gasteiger charge is 2.15. The van der Waals surface area contributed by atoms with E-state index >= 15 is 0 Å². The molecule has 0 N–H and O–H groups in total. The number of likely N-dealkylation sites (tertiary alicyclic amines) is 1. The Labute approximate surface area is 85.5 Å². The number of carbonyl (C=O) groups is 2. The summed E-state index contributed by atoms with van der Waals surface area (Å²) in [5, 5.41) is 0. The van der Waals surface area contributed by atoms with Gasteiger partial charge in [0, 0.05) is 25.9 Å². The zero-order valence-electron chi connectivity index (χ0n) is 8.71. The lowest BCUT2D eigenvalue weighted by atomic mass is 10.1. The maximum atomic E-state index is 11.6. The molecule has 0 spiro atoms. The fourth-order valence-electron chi connectivity index (χ4n) is 1.81. The second-order valence-corrected chi connectivity index (χ2v) is 3.85. The zero-order valence-corrected chi connectivity index (χ0v) is 8.71. The van der Waals surface area contributed by atoms with Crippen LogP contribution in [0.1, 0.15) is 44.9 Å². The Morgan fingerprint density at radius 2 is 1.86 bits per heavy atom. The minimum absolute atomic E-state index is 0.274. The van der Waals surface area contributed by atoms with Gasteiger partial charge in [-0.05, 0) is 32.1 Å². The molecule has 0 unspecified atom stereocenters. The largest absolute Gasteiger partial charge is 0.343 e. The van der Waals surface area contributed by atoms with Crippen LogP contribution in [0.3, 0.4) is 0 Å². The van der Waals surface area contributed by atoms with E-state index in [1.807, 2.05) is 4.90 Å². The third-order valence-corrected chi connectivity index (χ3v) is 2.67. The lowest BCUT2D eigenvalue weighted by molar-refractivity contribution is -0.132. The first-order chi connectivity index (χ1) is 6.84. The molecule has 0 aliphatic carbocycles. The number of hydrogen-bond donors (Lipinski definition) is 0. The summed E-state index contributed by atoms with van der Waals surface area (Å²) in [6.07, 6.45) is 7.40. The van der Waals surface area contributed by atoms with Crippen molar-refractivity contribution in [3.63, 3.8) is 0 Å². The molecule has 0 saturated carbocycles. The zero-order chi connectivity index (χ0) is 10.2. The van der Waals surface area contributed by atoms with Gasteiger partial charge in [0.2, 0.25) is 5.91 Å². The minimum atomic E-state index is 0.274. The summed E-state index contributed by atoms with van der Waals surface area (Å²) in [5.41, 5.74) is 0. The van der Waals surface area contributed by atoms with Gasteiger partial charge in [-0.15, -0.1) is 0 Å². The van der Waals surface area contributed by atoms with Crippen molar-refractivity contribution < 1.29 is 9.59 Å². The molecule has 0 aromatic heterocycles. The summed E-state index contributed by atoms with van der Waals surface area (Å²) in [6.45, 7) is 1.87. The third-order valence-electron chi connectivity index (χ3n) is 2.67. The number of amides is 1. The Balaban J connectivity index is 2.10. The molecule has 0 aromatic rings. The first-order valence-corrected chi connectivity index (χ1v) is 5.56. The molecule has 80 valence electrons. The molecule has 3 heteroatoms. The molecular weight excluding hydrogens is 178 g/mol. The average molecular weight is 197 g/mol. The quantitative estimate of drug-likeness (QED) is 0.497. The van der Waals surface area contributed by atoms with Crippen molar-refractivity contribution in [2.24, 2.45) is 0 Å². The number of nitrogens with zero attached hydrogens (tertiary/aromatic N) is 1. The van der Waals surface area contributed by atoms with Gasteiger partial charge in [0.05, 0.1) is 0 Å². The molecule has 1 heterocycles. The van der Waals surface area contributed by atoms with E-state index in [2.05, 4.69) is 0 Å². The Hall–Kier alpha value is -0.860. The van der Waals surface area contributed by atoms with Crippen LogP contribution in [0.4, 0.5) is 0 Å². The Kier molecular flexibility index (Phi) is 5.27. The van der Waals surface area contributed by atoms with Crippen molar-refractivity contribution in [2.75, 3.05) is 13.1 Å². The number of aldehydes is 1. The summed E-state index contributed by atoms with van der Waals surface area (Å²) in [4.78, 5) is 23.6. The van der Waals surface area contributed by atoms with E-state index < -0.39 is 0 Å². The summed E-state index contributed by atoms with van der Waals surface area (Å²) in [5.74, 6) is 0.274. The van der Waals surface area contributed by atoms with Gasteiger partial charge in [0.1, 0.15) is 6.29 Å². The molecule has 1 amide bonds. The topological polar surface area (TPSA) is 37.4 Å². The number of piperidine rings is 1. The summed E-state index contributed by atoms with van der Waals surface area (Å²) in [6, 6.07) is 0. The van der Waals surface area contributed by atoms with Crippen LogP contribution in [0.5, 0.6) is 0 Å². The summed E-state index contributed by atoms with van der Waals surface area (Å²) >= 11 is 0. The van der Waals surface area contributed by atoms with E-state index in [0.717, 1.165) is 45.1 Å². The highest BCUT2D eigenvalue weighted by Crippen LogP contribution is 2.11. The van der Waals surface area contributed by atoms with E-state index in [1.54, 1.807) is 0 Å². The molecule has 1 fully saturated rings. The van der Waals surface area contributed by atoms with E-state index in [-0.39, 0.29) is 5.91 Å². The van der Waals surface area contributed by atoms with Gasteiger partial charge in [0.25, 0.3) is 0 Å². The number of rotatable bonds is 5. The monoisotopic (exact) mass is 197 g/mol. The minimum Gasteiger partial charge on any atom is -0.343 e. The third kappa shape index (κ3) is 3.90. The van der Waals surface area contributed by atoms with Gasteiger partial charge in [0.15, 0.2) is 0 Å². The van der Waals surface area contributed by atoms with Gasteiger partial charge < -0.3 is 9.69 Å². The van der Waals surface area contributed by atoms with Crippen LogP contribution < -0.4 is 0 Å². The second kappa shape index (κ2) is 6.57. The van der Waals surface area contributed by atoms with Crippen molar-refractivity contribution in [1.29, 1.82) is 0 Å². The van der Waals surface area contributed by atoms with Gasteiger partial charge in [-0.25, -0.2) is 0 Å². The standard InChI is InChI=1S/C11H19NO2/c13-10-6-1-3-7-11(14)12-8-4-2-5-9-12/h10H,1-9H2. The fraction of sp³-hybridized carbons (Fsp3) is 0.818. The van der Waals surface area contributed by atoms with Crippen LogP contribution in [-0.4, -0.2) is 30.2 Å². The predicted molar refractivity (Wildman–Crippen MR) is 55.0 cm³/mol.